The Morgan fingerprint density at radius 2 is 1.62 bits per heavy atom. The van der Waals surface area contributed by atoms with Crippen LogP contribution in [0, 0.1) is 11.8 Å². The summed E-state index contributed by atoms with van der Waals surface area (Å²) in [7, 11) is 2.04. The number of hydrazone groups is 1. The first-order valence-electron chi connectivity index (χ1n) is 12.0. The normalized spacial score (nSPS) is 18.4. The second kappa shape index (κ2) is 13.4. The van der Waals surface area contributed by atoms with Crippen LogP contribution in [0.4, 0.5) is 0 Å². The van der Waals surface area contributed by atoms with Gasteiger partial charge in [-0.1, -0.05) is 85.8 Å². The SMILES string of the molecule is CCC(=O)[C@@H]1CCCCN(C)CC#CCN(N=C(c2ccccc2)c2ccccc2)C(=O)CN1. The van der Waals surface area contributed by atoms with E-state index >= 15 is 0 Å². The van der Waals surface area contributed by atoms with Gasteiger partial charge in [0.2, 0.25) is 0 Å². The molecule has 0 fully saturated rings. The minimum absolute atomic E-state index is 0.0400. The molecule has 2 aromatic rings. The summed E-state index contributed by atoms with van der Waals surface area (Å²) >= 11 is 0. The molecule has 0 bridgehead atoms. The molecule has 0 radical (unpaired) electrons. The monoisotopic (exact) mass is 458 g/mol. The Balaban J connectivity index is 1.94. The van der Waals surface area contributed by atoms with Crippen molar-refractivity contribution in [3.05, 3.63) is 71.8 Å². The summed E-state index contributed by atoms with van der Waals surface area (Å²) in [5, 5.41) is 9.42. The topological polar surface area (TPSA) is 65.0 Å². The minimum atomic E-state index is -0.318. The lowest BCUT2D eigenvalue weighted by molar-refractivity contribution is -0.130. The Labute approximate surface area is 203 Å². The molecule has 0 aromatic heterocycles. The van der Waals surface area contributed by atoms with Crippen LogP contribution < -0.4 is 5.32 Å². The van der Waals surface area contributed by atoms with Gasteiger partial charge in [0, 0.05) is 17.5 Å². The lowest BCUT2D eigenvalue weighted by atomic mass is 10.0. The Morgan fingerprint density at radius 3 is 2.24 bits per heavy atom. The molecule has 178 valence electrons. The van der Waals surface area contributed by atoms with Crippen LogP contribution in [0.3, 0.4) is 0 Å². The number of ketones is 1. The Bertz CT molecular complexity index is 983. The number of carbonyl (C=O) groups excluding carboxylic acids is 2. The number of rotatable bonds is 5. The number of carbonyl (C=O) groups is 2. The van der Waals surface area contributed by atoms with Gasteiger partial charge < -0.3 is 0 Å². The Kier molecular flexibility index (Phi) is 10.0. The van der Waals surface area contributed by atoms with Crippen molar-refractivity contribution in [1.29, 1.82) is 0 Å². The summed E-state index contributed by atoms with van der Waals surface area (Å²) in [4.78, 5) is 27.9. The summed E-state index contributed by atoms with van der Waals surface area (Å²) in [5.41, 5.74) is 2.54. The van der Waals surface area contributed by atoms with Gasteiger partial charge in [0.25, 0.3) is 5.91 Å². The van der Waals surface area contributed by atoms with Crippen LogP contribution in [0.1, 0.15) is 43.7 Å². The molecule has 1 aliphatic heterocycles. The van der Waals surface area contributed by atoms with Gasteiger partial charge in [0.1, 0.15) is 12.3 Å². The molecule has 1 atom stereocenters. The first kappa shape index (κ1) is 25.4. The maximum absolute atomic E-state index is 13.3. The van der Waals surface area contributed by atoms with E-state index in [2.05, 4.69) is 22.1 Å². The standard InChI is InChI=1S/C28H34N4O2/c1-3-26(33)25-18-10-11-19-31(2)20-12-13-21-32(27(34)22-29-25)30-28(23-14-6-4-7-15-23)24-16-8-5-9-17-24/h4-9,14-17,25,29H,3,10-11,18-22H2,1-2H3/t25-/m0/s1. The zero-order valence-electron chi connectivity index (χ0n) is 20.2. The van der Waals surface area contributed by atoms with Gasteiger partial charge >= 0.3 is 0 Å². The van der Waals surface area contributed by atoms with E-state index in [4.69, 9.17) is 5.10 Å². The van der Waals surface area contributed by atoms with Crippen molar-refractivity contribution in [2.45, 2.75) is 38.6 Å². The van der Waals surface area contributed by atoms with Crippen molar-refractivity contribution in [3.63, 3.8) is 0 Å². The van der Waals surface area contributed by atoms with Crippen molar-refractivity contribution in [2.24, 2.45) is 5.10 Å². The predicted octanol–water partition coefficient (Wildman–Crippen LogP) is 3.32. The number of nitrogens with zero attached hydrogens (tertiary/aromatic N) is 3. The van der Waals surface area contributed by atoms with Gasteiger partial charge in [-0.25, -0.2) is 5.01 Å². The van der Waals surface area contributed by atoms with Crippen LogP contribution in [0.25, 0.3) is 0 Å². The third-order valence-corrected chi connectivity index (χ3v) is 5.83. The number of amides is 1. The van der Waals surface area contributed by atoms with Crippen molar-refractivity contribution < 1.29 is 9.59 Å². The van der Waals surface area contributed by atoms with Crippen LogP contribution in [0.5, 0.6) is 0 Å². The molecular weight excluding hydrogens is 424 g/mol. The molecular formula is C28H34N4O2. The minimum Gasteiger partial charge on any atom is -0.299 e. The highest BCUT2D eigenvalue weighted by molar-refractivity contribution is 6.13. The molecule has 1 aliphatic rings. The lowest BCUT2D eigenvalue weighted by Gasteiger charge is -2.22. The summed E-state index contributed by atoms with van der Waals surface area (Å²) in [5.74, 6) is 6.21. The molecule has 6 heteroatoms. The quantitative estimate of drug-likeness (QED) is 0.552. The second-order valence-corrected chi connectivity index (χ2v) is 8.47. The third kappa shape index (κ3) is 7.65. The molecule has 0 saturated heterocycles. The van der Waals surface area contributed by atoms with Crippen molar-refractivity contribution in [3.8, 4) is 11.8 Å². The number of benzene rings is 2. The fourth-order valence-corrected chi connectivity index (χ4v) is 3.83. The van der Waals surface area contributed by atoms with Crippen LogP contribution >= 0.6 is 0 Å². The summed E-state index contributed by atoms with van der Waals surface area (Å²) < 4.78 is 0. The summed E-state index contributed by atoms with van der Waals surface area (Å²) in [6.45, 7) is 3.64. The molecule has 0 aliphatic carbocycles. The highest BCUT2D eigenvalue weighted by Crippen LogP contribution is 2.13. The fraction of sp³-hybridized carbons (Fsp3) is 0.393. The van der Waals surface area contributed by atoms with E-state index in [1.807, 2.05) is 74.6 Å². The molecule has 1 heterocycles. The zero-order chi connectivity index (χ0) is 24.2. The maximum Gasteiger partial charge on any atom is 0.257 e. The number of Topliss-reactive ketones (excluding diaryl/α,β-unsaturated/α-hetero) is 1. The lowest BCUT2D eigenvalue weighted by Crippen LogP contribution is -2.43. The van der Waals surface area contributed by atoms with Crippen molar-refractivity contribution in [1.82, 2.24) is 15.2 Å². The first-order valence-corrected chi connectivity index (χ1v) is 12.0. The van der Waals surface area contributed by atoms with Gasteiger partial charge in [0.05, 0.1) is 24.8 Å². The Hall–Kier alpha value is -3.27. The summed E-state index contributed by atoms with van der Waals surface area (Å²) in [6.07, 6.45) is 3.09. The fourth-order valence-electron chi connectivity index (χ4n) is 3.83. The third-order valence-electron chi connectivity index (χ3n) is 5.83. The highest BCUT2D eigenvalue weighted by atomic mass is 16.2. The van der Waals surface area contributed by atoms with Crippen molar-refractivity contribution >= 4 is 17.4 Å². The highest BCUT2D eigenvalue weighted by Gasteiger charge is 2.20. The van der Waals surface area contributed by atoms with E-state index in [1.165, 1.54) is 5.01 Å². The first-order chi connectivity index (χ1) is 16.6. The average molecular weight is 459 g/mol. The molecule has 2 aromatic carbocycles. The van der Waals surface area contributed by atoms with Gasteiger partial charge in [0.15, 0.2) is 0 Å². The molecule has 3 rings (SSSR count). The number of nitrogens with one attached hydrogen (secondary N) is 1. The molecule has 0 saturated carbocycles. The molecule has 0 spiro atoms. The van der Waals surface area contributed by atoms with Gasteiger partial charge in [-0.3, -0.25) is 19.8 Å². The van der Waals surface area contributed by atoms with E-state index in [1.54, 1.807) is 0 Å². The molecule has 1 N–H and O–H groups in total. The predicted molar refractivity (Wildman–Crippen MR) is 136 cm³/mol. The smallest absolute Gasteiger partial charge is 0.257 e. The molecule has 34 heavy (non-hydrogen) atoms. The maximum atomic E-state index is 13.3. The second-order valence-electron chi connectivity index (χ2n) is 8.47. The number of hydrogen-bond acceptors (Lipinski definition) is 5. The molecule has 1 amide bonds. The van der Waals surface area contributed by atoms with Crippen LogP contribution in [0.15, 0.2) is 65.8 Å². The van der Waals surface area contributed by atoms with E-state index in [0.717, 1.165) is 36.9 Å². The van der Waals surface area contributed by atoms with Crippen LogP contribution in [0.2, 0.25) is 0 Å². The summed E-state index contributed by atoms with van der Waals surface area (Å²) in [6, 6.07) is 19.3. The van der Waals surface area contributed by atoms with E-state index < -0.39 is 0 Å². The van der Waals surface area contributed by atoms with Crippen molar-refractivity contribution in [2.75, 3.05) is 33.2 Å². The zero-order valence-corrected chi connectivity index (χ0v) is 20.2. The Morgan fingerprint density at radius 1 is 1.00 bits per heavy atom. The molecule has 6 nitrogen and oxygen atoms in total. The number of hydrogen-bond donors (Lipinski definition) is 1. The van der Waals surface area contributed by atoms with Crippen LogP contribution in [-0.4, -0.2) is 66.6 Å². The van der Waals surface area contributed by atoms with E-state index in [-0.39, 0.29) is 30.8 Å². The van der Waals surface area contributed by atoms with Crippen LogP contribution in [-0.2, 0) is 9.59 Å². The largest absolute Gasteiger partial charge is 0.299 e. The van der Waals surface area contributed by atoms with Gasteiger partial charge in [-0.15, -0.1) is 0 Å². The van der Waals surface area contributed by atoms with Gasteiger partial charge in [-0.05, 0) is 26.4 Å². The average Bonchev–Trinajstić information content (AvgIpc) is 2.87. The van der Waals surface area contributed by atoms with E-state index in [9.17, 15) is 9.59 Å². The van der Waals surface area contributed by atoms with Gasteiger partial charge in [-0.2, -0.15) is 5.10 Å². The van der Waals surface area contributed by atoms with E-state index in [0.29, 0.717) is 18.7 Å². The molecule has 0 unspecified atom stereocenters.